The highest BCUT2D eigenvalue weighted by atomic mass is 35.5. The Bertz CT molecular complexity index is 1330. The van der Waals surface area contributed by atoms with Gasteiger partial charge in [-0.15, -0.1) is 0 Å². The van der Waals surface area contributed by atoms with Crippen LogP contribution in [-0.4, -0.2) is 18.8 Å². The molecule has 4 aromatic rings. The van der Waals surface area contributed by atoms with Crippen LogP contribution in [0, 0.1) is 0 Å². The second-order valence-corrected chi connectivity index (χ2v) is 8.03. The van der Waals surface area contributed by atoms with Crippen LogP contribution < -0.4 is 24.4 Å². The minimum absolute atomic E-state index is 0.166. The van der Waals surface area contributed by atoms with Crippen LogP contribution in [0.2, 0.25) is 5.02 Å². The lowest BCUT2D eigenvalue weighted by Gasteiger charge is -2.18. The summed E-state index contributed by atoms with van der Waals surface area (Å²) in [6.07, 6.45) is 1.76. The number of fused-ring (bicyclic) bond motifs is 1. The highest BCUT2D eigenvalue weighted by Gasteiger charge is 2.19. The zero-order valence-electron chi connectivity index (χ0n) is 19.3. The van der Waals surface area contributed by atoms with Crippen LogP contribution in [0.4, 0.5) is 0 Å². The van der Waals surface area contributed by atoms with Crippen LogP contribution in [0.3, 0.4) is 0 Å². The number of hydrogen-bond donors (Lipinski definition) is 0. The van der Waals surface area contributed by atoms with E-state index < -0.39 is 0 Å². The zero-order valence-corrected chi connectivity index (χ0v) is 20.1. The quantitative estimate of drug-likeness (QED) is 0.301. The molecule has 0 unspecified atom stereocenters. The molecule has 0 N–H and O–H groups in total. The maximum absolute atomic E-state index is 12.7. The largest absolute Gasteiger partial charge is 0.497 e. The Morgan fingerprint density at radius 2 is 1.38 bits per heavy atom. The summed E-state index contributed by atoms with van der Waals surface area (Å²) in [5.41, 5.74) is 2.42. The van der Waals surface area contributed by atoms with Crippen molar-refractivity contribution >= 4 is 22.5 Å². The number of nitrogens with zero attached hydrogens (tertiary/aromatic N) is 1. The van der Waals surface area contributed by atoms with E-state index in [1.807, 2.05) is 66.1 Å². The molecular weight excluding hydrogens is 454 g/mol. The SMILES string of the molecule is CCn1ccc(=O)c2c(Cl)c(OCc3ccc(OC)cc3)c(OCc3ccc(OC)cc3)cc21. The molecule has 0 aliphatic carbocycles. The van der Waals surface area contributed by atoms with E-state index in [2.05, 4.69) is 0 Å². The fraction of sp³-hybridized carbons (Fsp3) is 0.222. The smallest absolute Gasteiger partial charge is 0.191 e. The van der Waals surface area contributed by atoms with Gasteiger partial charge >= 0.3 is 0 Å². The van der Waals surface area contributed by atoms with Crippen LogP contribution >= 0.6 is 11.6 Å². The Kier molecular flexibility index (Phi) is 7.28. The molecule has 4 rings (SSSR count). The van der Waals surface area contributed by atoms with Gasteiger partial charge in [-0.1, -0.05) is 35.9 Å². The molecule has 0 atom stereocenters. The number of aryl methyl sites for hydroxylation is 1. The minimum atomic E-state index is -0.166. The molecule has 0 saturated heterocycles. The first-order chi connectivity index (χ1) is 16.5. The summed E-state index contributed by atoms with van der Waals surface area (Å²) in [5.74, 6) is 2.34. The topological polar surface area (TPSA) is 58.9 Å². The fourth-order valence-corrected chi connectivity index (χ4v) is 3.99. The summed E-state index contributed by atoms with van der Waals surface area (Å²) in [6, 6.07) is 18.5. The fourth-order valence-electron chi connectivity index (χ4n) is 3.66. The third kappa shape index (κ3) is 4.97. The number of pyridine rings is 1. The van der Waals surface area contributed by atoms with Crippen molar-refractivity contribution in [2.45, 2.75) is 26.7 Å². The summed E-state index contributed by atoms with van der Waals surface area (Å²) in [6.45, 7) is 3.23. The van der Waals surface area contributed by atoms with E-state index in [1.54, 1.807) is 20.4 Å². The maximum Gasteiger partial charge on any atom is 0.191 e. The van der Waals surface area contributed by atoms with Gasteiger partial charge in [-0.05, 0) is 42.3 Å². The molecule has 0 amide bonds. The molecule has 7 heteroatoms. The van der Waals surface area contributed by atoms with Crippen molar-refractivity contribution in [1.29, 1.82) is 0 Å². The predicted molar refractivity (Wildman–Crippen MR) is 134 cm³/mol. The van der Waals surface area contributed by atoms with Crippen molar-refractivity contribution in [3.05, 3.63) is 93.2 Å². The van der Waals surface area contributed by atoms with Gasteiger partial charge in [-0.2, -0.15) is 0 Å². The van der Waals surface area contributed by atoms with Crippen LogP contribution in [0.5, 0.6) is 23.0 Å². The summed E-state index contributed by atoms with van der Waals surface area (Å²) >= 11 is 6.76. The van der Waals surface area contributed by atoms with Crippen molar-refractivity contribution in [3.63, 3.8) is 0 Å². The Labute approximate surface area is 203 Å². The van der Waals surface area contributed by atoms with Crippen molar-refractivity contribution in [3.8, 4) is 23.0 Å². The second kappa shape index (κ2) is 10.5. The normalized spacial score (nSPS) is 10.8. The van der Waals surface area contributed by atoms with Gasteiger partial charge in [-0.3, -0.25) is 4.79 Å². The van der Waals surface area contributed by atoms with E-state index in [4.69, 9.17) is 30.5 Å². The van der Waals surface area contributed by atoms with Gasteiger partial charge in [0.1, 0.15) is 24.7 Å². The van der Waals surface area contributed by atoms with Gasteiger partial charge in [0.15, 0.2) is 16.9 Å². The van der Waals surface area contributed by atoms with Crippen molar-refractivity contribution in [1.82, 2.24) is 4.57 Å². The zero-order chi connectivity index (χ0) is 24.1. The third-order valence-electron chi connectivity index (χ3n) is 5.56. The third-order valence-corrected chi connectivity index (χ3v) is 5.93. The molecule has 1 aromatic heterocycles. The summed E-state index contributed by atoms with van der Waals surface area (Å²) in [4.78, 5) is 12.7. The molecule has 1 heterocycles. The highest BCUT2D eigenvalue weighted by Crippen LogP contribution is 2.41. The first kappa shape index (κ1) is 23.5. The Morgan fingerprint density at radius 1 is 0.824 bits per heavy atom. The molecule has 6 nitrogen and oxygen atoms in total. The molecule has 0 bridgehead atoms. The number of hydrogen-bond acceptors (Lipinski definition) is 5. The lowest BCUT2D eigenvalue weighted by Crippen LogP contribution is -2.10. The van der Waals surface area contributed by atoms with Gasteiger partial charge in [0.2, 0.25) is 0 Å². The van der Waals surface area contributed by atoms with E-state index in [1.165, 1.54) is 6.07 Å². The number of ether oxygens (including phenoxy) is 4. The molecule has 0 aliphatic rings. The van der Waals surface area contributed by atoms with Gasteiger partial charge in [0.05, 0.1) is 30.1 Å². The Morgan fingerprint density at radius 3 is 1.91 bits per heavy atom. The van der Waals surface area contributed by atoms with E-state index in [0.717, 1.165) is 22.6 Å². The molecule has 3 aromatic carbocycles. The number of halogens is 1. The number of aromatic nitrogens is 1. The van der Waals surface area contributed by atoms with E-state index >= 15 is 0 Å². The number of methoxy groups -OCH3 is 2. The van der Waals surface area contributed by atoms with E-state index in [-0.39, 0.29) is 17.1 Å². The molecule has 34 heavy (non-hydrogen) atoms. The summed E-state index contributed by atoms with van der Waals surface area (Å²) in [7, 11) is 3.25. The van der Waals surface area contributed by atoms with Gasteiger partial charge < -0.3 is 23.5 Å². The van der Waals surface area contributed by atoms with Crippen molar-refractivity contribution in [2.24, 2.45) is 0 Å². The Hall–Kier alpha value is -3.64. The minimum Gasteiger partial charge on any atom is -0.497 e. The number of rotatable bonds is 9. The van der Waals surface area contributed by atoms with E-state index in [9.17, 15) is 4.79 Å². The summed E-state index contributed by atoms with van der Waals surface area (Å²) < 4.78 is 24.7. The first-order valence-corrected chi connectivity index (χ1v) is 11.3. The van der Waals surface area contributed by atoms with Gasteiger partial charge in [0.25, 0.3) is 0 Å². The monoisotopic (exact) mass is 479 g/mol. The molecule has 176 valence electrons. The molecule has 0 saturated carbocycles. The van der Waals surface area contributed by atoms with Crippen LogP contribution in [0.15, 0.2) is 71.7 Å². The van der Waals surface area contributed by atoms with E-state index in [0.29, 0.717) is 35.6 Å². The second-order valence-electron chi connectivity index (χ2n) is 7.65. The standard InChI is InChI=1S/C27H26ClNO5/c1-4-29-14-13-23(30)25-22(29)15-24(33-16-18-5-9-20(31-2)10-6-18)27(26(25)28)34-17-19-7-11-21(32-3)12-8-19/h5-15H,4,16-17H2,1-3H3. The van der Waals surface area contributed by atoms with Crippen LogP contribution in [0.25, 0.3) is 10.9 Å². The van der Waals surface area contributed by atoms with Crippen molar-refractivity contribution in [2.75, 3.05) is 14.2 Å². The molecule has 0 aliphatic heterocycles. The van der Waals surface area contributed by atoms with Gasteiger partial charge in [-0.25, -0.2) is 0 Å². The predicted octanol–water partition coefficient (Wildman–Crippen LogP) is 5.85. The molecule has 0 spiro atoms. The summed E-state index contributed by atoms with van der Waals surface area (Å²) in [5, 5.41) is 0.649. The van der Waals surface area contributed by atoms with Crippen LogP contribution in [-0.2, 0) is 19.8 Å². The van der Waals surface area contributed by atoms with Gasteiger partial charge in [0, 0.05) is 24.9 Å². The Balaban J connectivity index is 1.71. The lowest BCUT2D eigenvalue weighted by atomic mass is 10.1. The van der Waals surface area contributed by atoms with Crippen LogP contribution in [0.1, 0.15) is 18.1 Å². The molecule has 0 fully saturated rings. The lowest BCUT2D eigenvalue weighted by molar-refractivity contribution is 0.256. The highest BCUT2D eigenvalue weighted by molar-refractivity contribution is 6.37. The molecule has 0 radical (unpaired) electrons. The first-order valence-electron chi connectivity index (χ1n) is 10.9. The average Bonchev–Trinajstić information content (AvgIpc) is 2.87. The maximum atomic E-state index is 12.7. The molecular formula is C27H26ClNO5. The number of benzene rings is 3. The average molecular weight is 480 g/mol. The van der Waals surface area contributed by atoms with Crippen molar-refractivity contribution < 1.29 is 18.9 Å².